The molecule has 0 aromatic heterocycles. The number of hydrogen-bond acceptors (Lipinski definition) is 5. The van der Waals surface area contributed by atoms with E-state index in [4.69, 9.17) is 9.47 Å². The van der Waals surface area contributed by atoms with Gasteiger partial charge in [-0.2, -0.15) is 0 Å². The van der Waals surface area contributed by atoms with Gasteiger partial charge in [0.25, 0.3) is 0 Å². The van der Waals surface area contributed by atoms with Crippen LogP contribution in [-0.4, -0.2) is 53.1 Å². The van der Waals surface area contributed by atoms with Crippen LogP contribution in [0.15, 0.2) is 18.2 Å². The summed E-state index contributed by atoms with van der Waals surface area (Å²) in [6.07, 6.45) is 2.18. The van der Waals surface area contributed by atoms with Crippen LogP contribution in [0.2, 0.25) is 0 Å². The van der Waals surface area contributed by atoms with Gasteiger partial charge < -0.3 is 20.1 Å². The lowest BCUT2D eigenvalue weighted by molar-refractivity contribution is 0.0806. The van der Waals surface area contributed by atoms with Gasteiger partial charge in [-0.3, -0.25) is 4.31 Å². The highest BCUT2D eigenvalue weighted by atomic mass is 32.2. The zero-order valence-corrected chi connectivity index (χ0v) is 15.0. The standard InChI is InChI=1S/C16H23N3O5S/c1-23-15-11-13(18-16(20)17-12-5-8-24-9-6-12)3-4-14(15)19-7-2-10-25(19,21)22/h3-4,11-12H,2,5-10H2,1H3,(H2,17,18,20). The molecule has 8 nitrogen and oxygen atoms in total. The molecule has 2 aliphatic heterocycles. The Bertz CT molecular complexity index is 731. The zero-order valence-electron chi connectivity index (χ0n) is 14.2. The van der Waals surface area contributed by atoms with E-state index in [0.717, 1.165) is 12.8 Å². The average Bonchev–Trinajstić information content (AvgIpc) is 2.94. The summed E-state index contributed by atoms with van der Waals surface area (Å²) in [6.45, 7) is 1.74. The largest absolute Gasteiger partial charge is 0.494 e. The van der Waals surface area contributed by atoms with Crippen molar-refractivity contribution in [1.29, 1.82) is 0 Å². The van der Waals surface area contributed by atoms with Gasteiger partial charge in [0, 0.05) is 37.6 Å². The van der Waals surface area contributed by atoms with Crippen molar-refractivity contribution < 1.29 is 22.7 Å². The molecule has 0 saturated carbocycles. The van der Waals surface area contributed by atoms with Crippen molar-refractivity contribution in [2.24, 2.45) is 0 Å². The highest BCUT2D eigenvalue weighted by molar-refractivity contribution is 7.93. The van der Waals surface area contributed by atoms with Crippen LogP contribution in [0.1, 0.15) is 19.3 Å². The Morgan fingerprint density at radius 1 is 1.32 bits per heavy atom. The fourth-order valence-electron chi connectivity index (χ4n) is 3.07. The van der Waals surface area contributed by atoms with Crippen LogP contribution in [0.3, 0.4) is 0 Å². The van der Waals surface area contributed by atoms with Crippen molar-refractivity contribution in [3.8, 4) is 5.75 Å². The van der Waals surface area contributed by atoms with E-state index in [1.54, 1.807) is 18.2 Å². The van der Waals surface area contributed by atoms with Gasteiger partial charge in [-0.05, 0) is 31.4 Å². The molecule has 1 aromatic rings. The maximum Gasteiger partial charge on any atom is 0.319 e. The molecule has 2 saturated heterocycles. The van der Waals surface area contributed by atoms with Crippen molar-refractivity contribution in [3.05, 3.63) is 18.2 Å². The number of ether oxygens (including phenoxy) is 2. The molecule has 2 heterocycles. The molecule has 1 aromatic carbocycles. The number of anilines is 2. The highest BCUT2D eigenvalue weighted by Gasteiger charge is 2.30. The Morgan fingerprint density at radius 3 is 2.72 bits per heavy atom. The third-order valence-electron chi connectivity index (χ3n) is 4.36. The van der Waals surface area contributed by atoms with Gasteiger partial charge in [-0.25, -0.2) is 13.2 Å². The lowest BCUT2D eigenvalue weighted by Crippen LogP contribution is -2.41. The Hall–Kier alpha value is -2.00. The first-order chi connectivity index (χ1) is 12.0. The number of carbonyl (C=O) groups is 1. The molecule has 25 heavy (non-hydrogen) atoms. The molecule has 2 aliphatic rings. The van der Waals surface area contributed by atoms with Gasteiger partial charge in [0.1, 0.15) is 5.75 Å². The zero-order chi connectivity index (χ0) is 17.9. The van der Waals surface area contributed by atoms with Gasteiger partial charge in [0.2, 0.25) is 10.0 Å². The molecule has 3 rings (SSSR count). The van der Waals surface area contributed by atoms with Crippen LogP contribution in [0.5, 0.6) is 5.75 Å². The first-order valence-corrected chi connectivity index (χ1v) is 9.94. The summed E-state index contributed by atoms with van der Waals surface area (Å²) in [6, 6.07) is 4.77. The minimum Gasteiger partial charge on any atom is -0.494 e. The number of urea groups is 1. The minimum atomic E-state index is -3.29. The first kappa shape index (κ1) is 17.8. The summed E-state index contributed by atoms with van der Waals surface area (Å²) in [5.41, 5.74) is 1.04. The second kappa shape index (κ2) is 7.49. The van der Waals surface area contributed by atoms with Crippen LogP contribution in [0.25, 0.3) is 0 Å². The molecule has 2 fully saturated rings. The van der Waals surface area contributed by atoms with Crippen molar-refractivity contribution in [2.75, 3.05) is 42.2 Å². The Morgan fingerprint density at radius 2 is 2.08 bits per heavy atom. The molecule has 138 valence electrons. The number of rotatable bonds is 4. The van der Waals surface area contributed by atoms with Gasteiger partial charge in [0.05, 0.1) is 18.6 Å². The van der Waals surface area contributed by atoms with Crippen molar-refractivity contribution in [3.63, 3.8) is 0 Å². The summed E-state index contributed by atoms with van der Waals surface area (Å²) < 4.78 is 36.1. The predicted octanol–water partition coefficient (Wildman–Crippen LogP) is 1.54. The number of amides is 2. The molecule has 0 aliphatic carbocycles. The molecule has 2 N–H and O–H groups in total. The van der Waals surface area contributed by atoms with E-state index in [-0.39, 0.29) is 17.8 Å². The summed E-state index contributed by atoms with van der Waals surface area (Å²) in [5.74, 6) is 0.554. The third-order valence-corrected chi connectivity index (χ3v) is 6.22. The van der Waals surface area contributed by atoms with Gasteiger partial charge in [-0.1, -0.05) is 0 Å². The van der Waals surface area contributed by atoms with E-state index in [0.29, 0.717) is 43.3 Å². The number of benzene rings is 1. The van der Waals surface area contributed by atoms with Crippen LogP contribution in [0.4, 0.5) is 16.2 Å². The first-order valence-electron chi connectivity index (χ1n) is 8.33. The third kappa shape index (κ3) is 4.16. The fourth-order valence-corrected chi connectivity index (χ4v) is 4.64. The topological polar surface area (TPSA) is 97.0 Å². The quantitative estimate of drug-likeness (QED) is 0.839. The summed E-state index contributed by atoms with van der Waals surface area (Å²) >= 11 is 0. The molecule has 0 bridgehead atoms. The highest BCUT2D eigenvalue weighted by Crippen LogP contribution is 2.35. The van der Waals surface area contributed by atoms with Crippen LogP contribution in [0, 0.1) is 0 Å². The lowest BCUT2D eigenvalue weighted by Gasteiger charge is -2.23. The molecular weight excluding hydrogens is 346 g/mol. The number of methoxy groups -OCH3 is 1. The summed E-state index contributed by atoms with van der Waals surface area (Å²) in [5, 5.41) is 5.67. The molecule has 9 heteroatoms. The Kier molecular flexibility index (Phi) is 5.33. The molecule has 0 spiro atoms. The van der Waals surface area contributed by atoms with Gasteiger partial charge >= 0.3 is 6.03 Å². The van der Waals surface area contributed by atoms with Crippen LogP contribution < -0.4 is 19.7 Å². The van der Waals surface area contributed by atoms with Crippen molar-refractivity contribution >= 4 is 27.4 Å². The van der Waals surface area contributed by atoms with Gasteiger partial charge in [-0.15, -0.1) is 0 Å². The van der Waals surface area contributed by atoms with Gasteiger partial charge in [0.15, 0.2) is 0 Å². The predicted molar refractivity (Wildman–Crippen MR) is 94.7 cm³/mol. The number of nitrogens with zero attached hydrogens (tertiary/aromatic N) is 1. The van der Waals surface area contributed by atoms with Crippen LogP contribution >= 0.6 is 0 Å². The van der Waals surface area contributed by atoms with E-state index in [1.807, 2.05) is 0 Å². The normalized spacial score (nSPS) is 20.3. The molecule has 0 unspecified atom stereocenters. The number of hydrogen-bond donors (Lipinski definition) is 2. The summed E-state index contributed by atoms with van der Waals surface area (Å²) in [4.78, 5) is 12.1. The average molecular weight is 369 g/mol. The van der Waals surface area contributed by atoms with E-state index in [2.05, 4.69) is 10.6 Å². The van der Waals surface area contributed by atoms with Crippen molar-refractivity contribution in [2.45, 2.75) is 25.3 Å². The van der Waals surface area contributed by atoms with E-state index >= 15 is 0 Å². The lowest BCUT2D eigenvalue weighted by atomic mass is 10.1. The van der Waals surface area contributed by atoms with E-state index in [1.165, 1.54) is 11.4 Å². The fraction of sp³-hybridized carbons (Fsp3) is 0.562. The molecule has 2 amide bonds. The molecule has 0 radical (unpaired) electrons. The van der Waals surface area contributed by atoms with E-state index < -0.39 is 10.0 Å². The number of nitrogens with one attached hydrogen (secondary N) is 2. The maximum atomic E-state index is 12.1. The second-order valence-corrected chi connectivity index (χ2v) is 8.13. The number of carbonyl (C=O) groups excluding carboxylic acids is 1. The minimum absolute atomic E-state index is 0.102. The maximum absolute atomic E-state index is 12.1. The van der Waals surface area contributed by atoms with E-state index in [9.17, 15) is 13.2 Å². The molecular formula is C16H23N3O5S. The number of sulfonamides is 1. The smallest absolute Gasteiger partial charge is 0.319 e. The van der Waals surface area contributed by atoms with Crippen LogP contribution in [-0.2, 0) is 14.8 Å². The summed E-state index contributed by atoms with van der Waals surface area (Å²) in [7, 11) is -1.81. The Labute approximate surface area is 147 Å². The monoisotopic (exact) mass is 369 g/mol. The Balaban J connectivity index is 1.69. The molecule has 0 atom stereocenters. The SMILES string of the molecule is COc1cc(NC(=O)NC2CCOCC2)ccc1N1CCCS1(=O)=O. The second-order valence-electron chi connectivity index (χ2n) is 6.11. The van der Waals surface area contributed by atoms with Crippen molar-refractivity contribution in [1.82, 2.24) is 5.32 Å².